The molecule has 8 heteroatoms. The van der Waals surface area contributed by atoms with Crippen LogP contribution in [0, 0.1) is 5.82 Å². The van der Waals surface area contributed by atoms with Crippen molar-refractivity contribution in [1.29, 1.82) is 0 Å². The molecule has 3 unspecified atom stereocenters. The van der Waals surface area contributed by atoms with Gasteiger partial charge in [-0.2, -0.15) is 0 Å². The molecule has 1 heterocycles. The summed E-state index contributed by atoms with van der Waals surface area (Å²) in [7, 11) is 1.63. The van der Waals surface area contributed by atoms with Crippen molar-refractivity contribution < 1.29 is 18.6 Å². The second-order valence-electron chi connectivity index (χ2n) is 6.36. The van der Waals surface area contributed by atoms with E-state index in [1.165, 1.54) is 12.1 Å². The zero-order valence-corrected chi connectivity index (χ0v) is 18.6. The first-order chi connectivity index (χ1) is 12.6. The van der Waals surface area contributed by atoms with E-state index in [4.69, 9.17) is 14.2 Å². The first kappa shape index (κ1) is 24.1. The minimum Gasteiger partial charge on any atom is -0.379 e. The van der Waals surface area contributed by atoms with E-state index in [-0.39, 0.29) is 48.0 Å². The SMILES string of the molecule is CCNC(=NCC(OC)c1ccc(F)cc1)NC(C)COC1CCOC1.I. The molecule has 0 aliphatic carbocycles. The smallest absolute Gasteiger partial charge is 0.191 e. The minimum absolute atomic E-state index is 0. The van der Waals surface area contributed by atoms with E-state index in [0.717, 1.165) is 25.1 Å². The van der Waals surface area contributed by atoms with Gasteiger partial charge in [0.1, 0.15) is 11.9 Å². The summed E-state index contributed by atoms with van der Waals surface area (Å²) in [6, 6.07) is 6.42. The molecule has 0 amide bonds. The Balaban J connectivity index is 0.00000364. The molecule has 3 atom stereocenters. The summed E-state index contributed by atoms with van der Waals surface area (Å²) in [6.45, 7) is 7.29. The number of aliphatic imine (C=N–C) groups is 1. The van der Waals surface area contributed by atoms with Crippen LogP contribution in [0.5, 0.6) is 0 Å². The van der Waals surface area contributed by atoms with Gasteiger partial charge in [0.05, 0.1) is 25.9 Å². The number of methoxy groups -OCH3 is 1. The highest BCUT2D eigenvalue weighted by Gasteiger charge is 2.17. The minimum atomic E-state index is -0.261. The summed E-state index contributed by atoms with van der Waals surface area (Å²) >= 11 is 0. The highest BCUT2D eigenvalue weighted by Crippen LogP contribution is 2.17. The Labute approximate surface area is 178 Å². The Bertz CT molecular complexity index is 554. The second-order valence-corrected chi connectivity index (χ2v) is 6.36. The molecule has 1 fully saturated rings. The van der Waals surface area contributed by atoms with Crippen molar-refractivity contribution in [2.75, 3.05) is 40.0 Å². The van der Waals surface area contributed by atoms with E-state index in [1.54, 1.807) is 19.2 Å². The summed E-state index contributed by atoms with van der Waals surface area (Å²) < 4.78 is 29.7. The van der Waals surface area contributed by atoms with Crippen LogP contribution < -0.4 is 10.6 Å². The third-order valence-corrected chi connectivity index (χ3v) is 4.14. The summed E-state index contributed by atoms with van der Waals surface area (Å²) in [5.41, 5.74) is 0.895. The third kappa shape index (κ3) is 8.71. The summed E-state index contributed by atoms with van der Waals surface area (Å²) in [4.78, 5) is 4.60. The fourth-order valence-corrected chi connectivity index (χ4v) is 2.69. The number of hydrogen-bond acceptors (Lipinski definition) is 4. The molecule has 2 rings (SSSR count). The quantitative estimate of drug-likeness (QED) is 0.314. The molecule has 0 radical (unpaired) electrons. The molecule has 1 aromatic carbocycles. The number of nitrogens with zero attached hydrogens (tertiary/aromatic N) is 1. The Morgan fingerprint density at radius 1 is 1.37 bits per heavy atom. The van der Waals surface area contributed by atoms with Crippen LogP contribution in [-0.2, 0) is 14.2 Å². The largest absolute Gasteiger partial charge is 0.379 e. The summed E-state index contributed by atoms with van der Waals surface area (Å²) in [5, 5.41) is 6.56. The van der Waals surface area contributed by atoms with Crippen LogP contribution in [0.2, 0.25) is 0 Å². The predicted molar refractivity (Wildman–Crippen MR) is 115 cm³/mol. The van der Waals surface area contributed by atoms with Crippen LogP contribution in [0.15, 0.2) is 29.3 Å². The molecule has 6 nitrogen and oxygen atoms in total. The van der Waals surface area contributed by atoms with Gasteiger partial charge in [-0.25, -0.2) is 4.39 Å². The summed E-state index contributed by atoms with van der Waals surface area (Å²) in [5.74, 6) is 0.444. The van der Waals surface area contributed by atoms with E-state index < -0.39 is 0 Å². The van der Waals surface area contributed by atoms with Crippen LogP contribution >= 0.6 is 24.0 Å². The topological polar surface area (TPSA) is 64.1 Å². The van der Waals surface area contributed by atoms with Crippen molar-refractivity contribution in [2.45, 2.75) is 38.5 Å². The monoisotopic (exact) mass is 495 g/mol. The molecule has 0 aromatic heterocycles. The number of ether oxygens (including phenoxy) is 3. The number of benzene rings is 1. The second kappa shape index (κ2) is 13.2. The maximum Gasteiger partial charge on any atom is 0.191 e. The highest BCUT2D eigenvalue weighted by molar-refractivity contribution is 14.0. The fourth-order valence-electron chi connectivity index (χ4n) is 2.69. The molecule has 2 N–H and O–H groups in total. The Morgan fingerprint density at radius 2 is 2.11 bits per heavy atom. The lowest BCUT2D eigenvalue weighted by Crippen LogP contribution is -2.44. The van der Waals surface area contributed by atoms with Crippen molar-refractivity contribution >= 4 is 29.9 Å². The number of guanidine groups is 1. The van der Waals surface area contributed by atoms with Crippen molar-refractivity contribution in [3.63, 3.8) is 0 Å². The van der Waals surface area contributed by atoms with Crippen molar-refractivity contribution in [3.05, 3.63) is 35.6 Å². The molecule has 0 bridgehead atoms. The van der Waals surface area contributed by atoms with Gasteiger partial charge < -0.3 is 24.8 Å². The molecule has 1 aliphatic rings. The number of rotatable bonds is 9. The van der Waals surface area contributed by atoms with Crippen LogP contribution in [-0.4, -0.2) is 58.1 Å². The number of hydrogen-bond donors (Lipinski definition) is 2. The van der Waals surface area contributed by atoms with Gasteiger partial charge in [-0.05, 0) is 38.0 Å². The van der Waals surface area contributed by atoms with E-state index in [0.29, 0.717) is 25.7 Å². The molecule has 27 heavy (non-hydrogen) atoms. The molecule has 0 spiro atoms. The van der Waals surface area contributed by atoms with Gasteiger partial charge in [-0.15, -0.1) is 24.0 Å². The molecule has 0 saturated carbocycles. The lowest BCUT2D eigenvalue weighted by molar-refractivity contribution is 0.0347. The van der Waals surface area contributed by atoms with Crippen LogP contribution in [0.3, 0.4) is 0 Å². The van der Waals surface area contributed by atoms with Gasteiger partial charge in [-0.3, -0.25) is 4.99 Å². The lowest BCUT2D eigenvalue weighted by Gasteiger charge is -2.20. The average Bonchev–Trinajstić information content (AvgIpc) is 3.15. The van der Waals surface area contributed by atoms with Gasteiger partial charge in [0, 0.05) is 26.3 Å². The van der Waals surface area contributed by atoms with Gasteiger partial charge in [-0.1, -0.05) is 12.1 Å². The van der Waals surface area contributed by atoms with Crippen LogP contribution in [0.4, 0.5) is 4.39 Å². The van der Waals surface area contributed by atoms with E-state index in [9.17, 15) is 4.39 Å². The van der Waals surface area contributed by atoms with Gasteiger partial charge in [0.25, 0.3) is 0 Å². The zero-order chi connectivity index (χ0) is 18.8. The number of halogens is 2. The van der Waals surface area contributed by atoms with Gasteiger partial charge >= 0.3 is 0 Å². The van der Waals surface area contributed by atoms with Gasteiger partial charge in [0.15, 0.2) is 5.96 Å². The van der Waals surface area contributed by atoms with Crippen LogP contribution in [0.25, 0.3) is 0 Å². The molecule has 1 saturated heterocycles. The lowest BCUT2D eigenvalue weighted by atomic mass is 10.1. The molecular weight excluding hydrogens is 464 g/mol. The van der Waals surface area contributed by atoms with Gasteiger partial charge in [0.2, 0.25) is 0 Å². The zero-order valence-electron chi connectivity index (χ0n) is 16.2. The first-order valence-electron chi connectivity index (χ1n) is 9.14. The van der Waals surface area contributed by atoms with Crippen molar-refractivity contribution in [3.8, 4) is 0 Å². The fraction of sp³-hybridized carbons (Fsp3) is 0.632. The molecule has 1 aliphatic heterocycles. The Hall–Kier alpha value is -0.970. The average molecular weight is 495 g/mol. The molecule has 154 valence electrons. The van der Waals surface area contributed by atoms with Crippen molar-refractivity contribution in [2.24, 2.45) is 4.99 Å². The number of nitrogens with one attached hydrogen (secondary N) is 2. The standard InChI is InChI=1S/C19H30FN3O3.HI/c1-4-21-19(23-14(2)12-26-17-9-10-25-13-17)22-11-18(24-3)15-5-7-16(20)8-6-15;/h5-8,14,17-18H,4,9-13H2,1-3H3,(H2,21,22,23);1H. The first-order valence-corrected chi connectivity index (χ1v) is 9.14. The van der Waals surface area contributed by atoms with E-state index in [2.05, 4.69) is 22.5 Å². The molecular formula is C19H31FIN3O3. The van der Waals surface area contributed by atoms with E-state index in [1.807, 2.05) is 6.92 Å². The predicted octanol–water partition coefficient (Wildman–Crippen LogP) is 2.88. The van der Waals surface area contributed by atoms with Crippen LogP contribution in [0.1, 0.15) is 31.9 Å². The molecule has 1 aromatic rings. The van der Waals surface area contributed by atoms with Crippen molar-refractivity contribution in [1.82, 2.24) is 10.6 Å². The normalized spacial score (nSPS) is 19.3. The summed E-state index contributed by atoms with van der Waals surface area (Å²) in [6.07, 6.45) is 0.914. The van der Waals surface area contributed by atoms with E-state index >= 15 is 0 Å². The maximum atomic E-state index is 13.1. The maximum absolute atomic E-state index is 13.1. The highest BCUT2D eigenvalue weighted by atomic mass is 127. The Kier molecular flexibility index (Phi) is 11.8. The Morgan fingerprint density at radius 3 is 2.70 bits per heavy atom. The third-order valence-electron chi connectivity index (χ3n) is 4.14.